The van der Waals surface area contributed by atoms with Crippen molar-refractivity contribution >= 4 is 23.5 Å². The Balaban J connectivity index is 1.56. The summed E-state index contributed by atoms with van der Waals surface area (Å²) in [5, 5.41) is 3.45. The number of amides is 1. The van der Waals surface area contributed by atoms with Crippen LogP contribution in [0.15, 0.2) is 49.1 Å². The van der Waals surface area contributed by atoms with Gasteiger partial charge in [-0.15, -0.1) is 0 Å². The summed E-state index contributed by atoms with van der Waals surface area (Å²) in [5.41, 5.74) is 0.0499. The van der Waals surface area contributed by atoms with Gasteiger partial charge in [-0.1, -0.05) is 18.5 Å². The van der Waals surface area contributed by atoms with Crippen LogP contribution in [0.4, 0.5) is 19.1 Å². The zero-order chi connectivity index (χ0) is 24.3. The smallest absolute Gasteiger partial charge is 0.352 e. The Bertz CT molecular complexity index is 1140. The quantitative estimate of drug-likeness (QED) is 0.544. The third kappa shape index (κ3) is 5.27. The van der Waals surface area contributed by atoms with E-state index in [1.807, 2.05) is 6.92 Å². The number of rotatable bonds is 5. The second-order valence-electron chi connectivity index (χ2n) is 8.12. The molecule has 2 aromatic heterocycles. The Hall–Kier alpha value is -3.27. The highest BCUT2D eigenvalue weighted by molar-refractivity contribution is 6.31. The number of nitrogens with one attached hydrogen (secondary N) is 1. The van der Waals surface area contributed by atoms with Crippen molar-refractivity contribution in [1.29, 1.82) is 0 Å². The Morgan fingerprint density at radius 2 is 1.88 bits per heavy atom. The fourth-order valence-electron chi connectivity index (χ4n) is 4.05. The molecule has 3 aromatic rings. The highest BCUT2D eigenvalue weighted by atomic mass is 35.5. The van der Waals surface area contributed by atoms with Gasteiger partial charge < -0.3 is 10.2 Å². The van der Waals surface area contributed by atoms with E-state index in [9.17, 15) is 18.0 Å². The lowest BCUT2D eigenvalue weighted by Crippen LogP contribution is -2.51. The number of alkyl halides is 3. The third-order valence-electron chi connectivity index (χ3n) is 5.84. The molecule has 34 heavy (non-hydrogen) atoms. The minimum absolute atomic E-state index is 0.0723. The van der Waals surface area contributed by atoms with Gasteiger partial charge in [0.1, 0.15) is 0 Å². The molecule has 0 saturated carbocycles. The molecule has 0 spiro atoms. The highest BCUT2D eigenvalue weighted by Crippen LogP contribution is 2.31. The number of hydrogen-bond donors (Lipinski definition) is 1. The summed E-state index contributed by atoms with van der Waals surface area (Å²) >= 11 is 6.19. The van der Waals surface area contributed by atoms with Crippen LogP contribution in [-0.4, -0.2) is 49.9 Å². The summed E-state index contributed by atoms with van der Waals surface area (Å²) in [5.74, 6) is 0.434. The molecule has 0 unspecified atom stereocenters. The Labute approximate surface area is 199 Å². The Morgan fingerprint density at radius 1 is 1.18 bits per heavy atom. The number of piperidine rings is 1. The molecule has 178 valence electrons. The molecule has 1 N–H and O–H groups in total. The molecule has 11 heteroatoms. The topological polar surface area (TPSA) is 83.9 Å². The van der Waals surface area contributed by atoms with Gasteiger partial charge in [0.15, 0.2) is 5.82 Å². The standard InChI is InChI=1S/C23H22ClF3N6O/c1-14-4-2-9-33(19(14)13-32-22-30-11-15(12-31-22)23(25,26)27)21(34)17-6-5-16(24)10-18(17)20-28-7-3-8-29-20/h3,5-8,10-12,14,19H,2,4,9,13H2,1H3,(H,30,31,32)/t14-,19-/m1/s1. The second-order valence-corrected chi connectivity index (χ2v) is 8.56. The lowest BCUT2D eigenvalue weighted by atomic mass is 9.89. The molecular weight excluding hydrogens is 469 g/mol. The summed E-state index contributed by atoms with van der Waals surface area (Å²) in [6, 6.07) is 6.46. The molecular formula is C23H22ClF3N6O. The van der Waals surface area contributed by atoms with Crippen LogP contribution in [0, 0.1) is 5.92 Å². The van der Waals surface area contributed by atoms with Crippen molar-refractivity contribution < 1.29 is 18.0 Å². The van der Waals surface area contributed by atoms with Crippen molar-refractivity contribution in [3.63, 3.8) is 0 Å². The van der Waals surface area contributed by atoms with Crippen molar-refractivity contribution in [3.8, 4) is 11.4 Å². The predicted molar refractivity (Wildman–Crippen MR) is 121 cm³/mol. The van der Waals surface area contributed by atoms with Crippen LogP contribution in [0.3, 0.4) is 0 Å². The van der Waals surface area contributed by atoms with E-state index in [0.717, 1.165) is 25.2 Å². The van der Waals surface area contributed by atoms with Gasteiger partial charge in [-0.05, 0) is 43.0 Å². The van der Waals surface area contributed by atoms with E-state index in [-0.39, 0.29) is 23.8 Å². The number of anilines is 1. The number of likely N-dealkylation sites (tertiary alicyclic amines) is 1. The van der Waals surface area contributed by atoms with E-state index in [1.54, 1.807) is 41.6 Å². The zero-order valence-electron chi connectivity index (χ0n) is 18.3. The van der Waals surface area contributed by atoms with Gasteiger partial charge >= 0.3 is 6.18 Å². The van der Waals surface area contributed by atoms with Crippen molar-refractivity contribution in [2.45, 2.75) is 32.0 Å². The molecule has 1 aliphatic heterocycles. The zero-order valence-corrected chi connectivity index (χ0v) is 19.0. The fourth-order valence-corrected chi connectivity index (χ4v) is 4.23. The summed E-state index contributed by atoms with van der Waals surface area (Å²) in [7, 11) is 0. The minimum atomic E-state index is -4.50. The van der Waals surface area contributed by atoms with Crippen molar-refractivity contribution in [2.75, 3.05) is 18.4 Å². The van der Waals surface area contributed by atoms with E-state index < -0.39 is 11.7 Å². The largest absolute Gasteiger partial charge is 0.419 e. The molecule has 1 fully saturated rings. The second kappa shape index (κ2) is 9.92. The SMILES string of the molecule is C[C@@H]1CCCN(C(=O)c2ccc(Cl)cc2-c2ncccn2)[C@@H]1CNc1ncc(C(F)(F)F)cn1. The lowest BCUT2D eigenvalue weighted by Gasteiger charge is -2.40. The van der Waals surface area contributed by atoms with Gasteiger partial charge in [-0.2, -0.15) is 13.2 Å². The van der Waals surface area contributed by atoms with Crippen LogP contribution in [0.5, 0.6) is 0 Å². The van der Waals surface area contributed by atoms with E-state index in [2.05, 4.69) is 25.3 Å². The minimum Gasteiger partial charge on any atom is -0.352 e. The van der Waals surface area contributed by atoms with Crippen LogP contribution in [-0.2, 0) is 6.18 Å². The number of halogens is 4. The van der Waals surface area contributed by atoms with E-state index in [0.29, 0.717) is 35.1 Å². The summed E-state index contributed by atoms with van der Waals surface area (Å²) in [4.78, 5) is 31.5. The molecule has 7 nitrogen and oxygen atoms in total. The fraction of sp³-hybridized carbons (Fsp3) is 0.348. The van der Waals surface area contributed by atoms with E-state index in [4.69, 9.17) is 11.6 Å². The molecule has 0 bridgehead atoms. The average Bonchev–Trinajstić information content (AvgIpc) is 2.83. The maximum atomic E-state index is 13.7. The van der Waals surface area contributed by atoms with Gasteiger partial charge in [-0.3, -0.25) is 4.79 Å². The Morgan fingerprint density at radius 3 is 2.56 bits per heavy atom. The van der Waals surface area contributed by atoms with Gasteiger partial charge in [0.05, 0.1) is 17.2 Å². The number of nitrogens with zero attached hydrogens (tertiary/aromatic N) is 5. The number of carbonyl (C=O) groups excluding carboxylic acids is 1. The molecule has 2 atom stereocenters. The lowest BCUT2D eigenvalue weighted by molar-refractivity contribution is -0.138. The molecule has 1 aromatic carbocycles. The van der Waals surface area contributed by atoms with Gasteiger partial charge in [0.2, 0.25) is 5.95 Å². The monoisotopic (exact) mass is 490 g/mol. The molecule has 3 heterocycles. The van der Waals surface area contributed by atoms with Crippen LogP contribution in [0.25, 0.3) is 11.4 Å². The first-order valence-corrected chi connectivity index (χ1v) is 11.1. The maximum Gasteiger partial charge on any atom is 0.419 e. The van der Waals surface area contributed by atoms with Gasteiger partial charge in [-0.25, -0.2) is 19.9 Å². The number of aromatic nitrogens is 4. The first kappa shape index (κ1) is 23.9. The molecule has 0 aliphatic carbocycles. The normalized spacial score (nSPS) is 18.6. The van der Waals surface area contributed by atoms with Crippen LogP contribution in [0.1, 0.15) is 35.7 Å². The molecule has 1 saturated heterocycles. The van der Waals surface area contributed by atoms with Crippen molar-refractivity contribution in [3.05, 3.63) is 65.2 Å². The summed E-state index contributed by atoms with van der Waals surface area (Å²) < 4.78 is 38.3. The number of benzene rings is 1. The molecule has 1 amide bonds. The van der Waals surface area contributed by atoms with Gasteiger partial charge in [0, 0.05) is 48.5 Å². The summed E-state index contributed by atoms with van der Waals surface area (Å²) in [6.45, 7) is 2.88. The van der Waals surface area contributed by atoms with Gasteiger partial charge in [0.25, 0.3) is 5.91 Å². The highest BCUT2D eigenvalue weighted by Gasteiger charge is 2.34. The van der Waals surface area contributed by atoms with Crippen molar-refractivity contribution in [1.82, 2.24) is 24.8 Å². The summed E-state index contributed by atoms with van der Waals surface area (Å²) in [6.07, 6.45) is 1.92. The van der Waals surface area contributed by atoms with Crippen molar-refractivity contribution in [2.24, 2.45) is 5.92 Å². The number of carbonyl (C=O) groups is 1. The predicted octanol–water partition coefficient (Wildman–Crippen LogP) is 4.96. The van der Waals surface area contributed by atoms with Crippen LogP contribution < -0.4 is 5.32 Å². The third-order valence-corrected chi connectivity index (χ3v) is 6.08. The first-order valence-electron chi connectivity index (χ1n) is 10.7. The molecule has 1 aliphatic rings. The molecule has 0 radical (unpaired) electrons. The maximum absolute atomic E-state index is 13.7. The Kier molecular flexibility index (Phi) is 6.97. The number of hydrogen-bond acceptors (Lipinski definition) is 6. The molecule has 4 rings (SSSR count). The average molecular weight is 491 g/mol. The van der Waals surface area contributed by atoms with E-state index in [1.165, 1.54) is 0 Å². The van der Waals surface area contributed by atoms with Crippen LogP contribution in [0.2, 0.25) is 5.02 Å². The first-order chi connectivity index (χ1) is 16.2. The van der Waals surface area contributed by atoms with Crippen LogP contribution >= 0.6 is 11.6 Å². The van der Waals surface area contributed by atoms with E-state index >= 15 is 0 Å².